The van der Waals surface area contributed by atoms with Gasteiger partial charge in [-0.15, -0.1) is 0 Å². The molecule has 146 valence electrons. The quantitative estimate of drug-likeness (QED) is 0.656. The molecule has 1 unspecified atom stereocenters. The number of carbonyl (C=O) groups is 1. The van der Waals surface area contributed by atoms with Crippen LogP contribution in [-0.4, -0.2) is 38.0 Å². The van der Waals surface area contributed by atoms with Crippen LogP contribution >= 0.6 is 0 Å². The van der Waals surface area contributed by atoms with Crippen LogP contribution in [0.2, 0.25) is 0 Å². The van der Waals surface area contributed by atoms with Crippen molar-refractivity contribution >= 4 is 11.6 Å². The third-order valence-electron chi connectivity index (χ3n) is 5.31. The summed E-state index contributed by atoms with van der Waals surface area (Å²) in [7, 11) is 0. The van der Waals surface area contributed by atoms with E-state index in [1.807, 2.05) is 11.8 Å². The number of halogens is 3. The summed E-state index contributed by atoms with van der Waals surface area (Å²) in [5, 5.41) is 4.28. The molecule has 1 saturated heterocycles. The third kappa shape index (κ3) is 3.02. The summed E-state index contributed by atoms with van der Waals surface area (Å²) in [6.45, 7) is 4.50. The van der Waals surface area contributed by atoms with Crippen molar-refractivity contribution in [2.24, 2.45) is 0 Å². The summed E-state index contributed by atoms with van der Waals surface area (Å²) in [5.74, 6) is -0.0898. The zero-order valence-electron chi connectivity index (χ0n) is 15.5. The molecule has 0 aliphatic carbocycles. The first-order valence-electron chi connectivity index (χ1n) is 9.09. The van der Waals surface area contributed by atoms with E-state index in [9.17, 15) is 18.0 Å². The highest BCUT2D eigenvalue weighted by atomic mass is 19.4. The molecule has 1 amide bonds. The molecule has 1 aromatic carbocycles. The van der Waals surface area contributed by atoms with E-state index in [1.165, 1.54) is 23.0 Å². The van der Waals surface area contributed by atoms with Gasteiger partial charge in [0.2, 0.25) is 0 Å². The van der Waals surface area contributed by atoms with Gasteiger partial charge in [0, 0.05) is 24.3 Å². The first-order chi connectivity index (χ1) is 13.3. The van der Waals surface area contributed by atoms with Crippen molar-refractivity contribution in [3.05, 3.63) is 53.5 Å². The van der Waals surface area contributed by atoms with Gasteiger partial charge >= 0.3 is 6.18 Å². The Labute approximate surface area is 159 Å². The number of amides is 1. The number of hydrogen-bond acceptors (Lipinski definition) is 3. The average molecular weight is 388 g/mol. The standard InChI is InChI=1S/C20H19F3N4O/c1-12-5-4-8-26(12)19(28)16-10-24-18-17(11-25-27(18)13(16)2)14-6-3-7-15(9-14)20(21,22)23/h3,6-7,9-12H,4-5,8H2,1-2H3. The largest absolute Gasteiger partial charge is 0.416 e. The van der Waals surface area contributed by atoms with Crippen molar-refractivity contribution in [2.45, 2.75) is 38.9 Å². The van der Waals surface area contributed by atoms with Crippen molar-refractivity contribution in [1.82, 2.24) is 19.5 Å². The van der Waals surface area contributed by atoms with Gasteiger partial charge in [-0.05, 0) is 44.4 Å². The Balaban J connectivity index is 1.76. The minimum absolute atomic E-state index is 0.0898. The second-order valence-corrected chi connectivity index (χ2v) is 7.12. The maximum absolute atomic E-state index is 13.0. The van der Waals surface area contributed by atoms with Gasteiger partial charge in [0.25, 0.3) is 5.91 Å². The van der Waals surface area contributed by atoms with Crippen LogP contribution in [0.1, 0.15) is 41.4 Å². The summed E-state index contributed by atoms with van der Waals surface area (Å²) >= 11 is 0. The Hall–Kier alpha value is -2.90. The van der Waals surface area contributed by atoms with Gasteiger partial charge in [-0.25, -0.2) is 9.50 Å². The van der Waals surface area contributed by atoms with E-state index in [0.717, 1.165) is 25.0 Å². The van der Waals surface area contributed by atoms with E-state index in [1.54, 1.807) is 13.0 Å². The number of aryl methyl sites for hydroxylation is 1. The first kappa shape index (κ1) is 18.5. The predicted octanol–water partition coefficient (Wildman–Crippen LogP) is 4.35. The molecule has 0 N–H and O–H groups in total. The molecule has 1 aliphatic heterocycles. The molecule has 1 atom stereocenters. The van der Waals surface area contributed by atoms with Crippen LogP contribution in [0.4, 0.5) is 13.2 Å². The average Bonchev–Trinajstić information content (AvgIpc) is 3.27. The second kappa shape index (κ2) is 6.61. The number of carbonyl (C=O) groups excluding carboxylic acids is 1. The number of rotatable bonds is 2. The van der Waals surface area contributed by atoms with Gasteiger partial charge in [-0.2, -0.15) is 18.3 Å². The number of fused-ring (bicyclic) bond motifs is 1. The van der Waals surface area contributed by atoms with Crippen molar-refractivity contribution in [3.63, 3.8) is 0 Å². The number of hydrogen-bond donors (Lipinski definition) is 0. The van der Waals surface area contributed by atoms with Gasteiger partial charge in [0.15, 0.2) is 5.65 Å². The number of aromatic nitrogens is 3. The topological polar surface area (TPSA) is 50.5 Å². The molecule has 0 spiro atoms. The van der Waals surface area contributed by atoms with Crippen LogP contribution in [0, 0.1) is 6.92 Å². The van der Waals surface area contributed by atoms with E-state index in [4.69, 9.17) is 0 Å². The van der Waals surface area contributed by atoms with E-state index >= 15 is 0 Å². The number of likely N-dealkylation sites (tertiary alicyclic amines) is 1. The van der Waals surface area contributed by atoms with Crippen molar-refractivity contribution < 1.29 is 18.0 Å². The summed E-state index contributed by atoms with van der Waals surface area (Å²) < 4.78 is 40.6. The van der Waals surface area contributed by atoms with Crippen LogP contribution < -0.4 is 0 Å². The van der Waals surface area contributed by atoms with E-state index in [-0.39, 0.29) is 11.9 Å². The molecular formula is C20H19F3N4O. The molecule has 5 nitrogen and oxygen atoms in total. The fourth-order valence-electron chi connectivity index (χ4n) is 3.71. The highest BCUT2D eigenvalue weighted by Crippen LogP contribution is 2.33. The van der Waals surface area contributed by atoms with Gasteiger partial charge in [0.1, 0.15) is 0 Å². The van der Waals surface area contributed by atoms with E-state index < -0.39 is 11.7 Å². The molecule has 0 saturated carbocycles. The molecule has 4 rings (SSSR count). The summed E-state index contributed by atoms with van der Waals surface area (Å²) in [6.07, 6.45) is 0.508. The molecule has 3 aromatic rings. The zero-order valence-corrected chi connectivity index (χ0v) is 15.5. The monoisotopic (exact) mass is 388 g/mol. The second-order valence-electron chi connectivity index (χ2n) is 7.12. The normalized spacial score (nSPS) is 17.5. The van der Waals surface area contributed by atoms with E-state index in [2.05, 4.69) is 10.1 Å². The SMILES string of the molecule is Cc1c(C(=O)N2CCCC2C)cnc2c(-c3cccc(C(F)(F)F)c3)cnn12. The van der Waals surface area contributed by atoms with Gasteiger partial charge in [-0.1, -0.05) is 12.1 Å². The number of alkyl halides is 3. The molecule has 28 heavy (non-hydrogen) atoms. The van der Waals surface area contributed by atoms with Crippen molar-refractivity contribution in [2.75, 3.05) is 6.54 Å². The summed E-state index contributed by atoms with van der Waals surface area (Å²) in [5.41, 5.74) is 1.64. The van der Waals surface area contributed by atoms with E-state index in [0.29, 0.717) is 34.6 Å². The lowest BCUT2D eigenvalue weighted by atomic mass is 10.1. The maximum Gasteiger partial charge on any atom is 0.416 e. The fourth-order valence-corrected chi connectivity index (χ4v) is 3.71. The lowest BCUT2D eigenvalue weighted by Gasteiger charge is -2.22. The lowest BCUT2D eigenvalue weighted by Crippen LogP contribution is -2.34. The number of benzene rings is 1. The summed E-state index contributed by atoms with van der Waals surface area (Å²) in [4.78, 5) is 19.1. The van der Waals surface area contributed by atoms with Crippen LogP contribution in [-0.2, 0) is 6.18 Å². The molecular weight excluding hydrogens is 369 g/mol. The minimum Gasteiger partial charge on any atom is -0.336 e. The Morgan fingerprint density at radius 3 is 2.71 bits per heavy atom. The Morgan fingerprint density at radius 1 is 1.25 bits per heavy atom. The highest BCUT2D eigenvalue weighted by molar-refractivity contribution is 5.96. The minimum atomic E-state index is -4.42. The summed E-state index contributed by atoms with van der Waals surface area (Å²) in [6, 6.07) is 5.25. The Kier molecular flexibility index (Phi) is 4.36. The fraction of sp³-hybridized carbons (Fsp3) is 0.350. The third-order valence-corrected chi connectivity index (χ3v) is 5.31. The van der Waals surface area contributed by atoms with Gasteiger partial charge in [0.05, 0.1) is 23.0 Å². The zero-order chi connectivity index (χ0) is 20.1. The lowest BCUT2D eigenvalue weighted by molar-refractivity contribution is -0.137. The van der Waals surface area contributed by atoms with Gasteiger partial charge < -0.3 is 4.90 Å². The maximum atomic E-state index is 13.0. The molecule has 1 fully saturated rings. The molecule has 2 aromatic heterocycles. The molecule has 3 heterocycles. The number of nitrogens with zero attached hydrogens (tertiary/aromatic N) is 4. The van der Waals surface area contributed by atoms with Crippen LogP contribution in [0.15, 0.2) is 36.7 Å². The van der Waals surface area contributed by atoms with Gasteiger partial charge in [-0.3, -0.25) is 4.79 Å². The van der Waals surface area contributed by atoms with Crippen LogP contribution in [0.5, 0.6) is 0 Å². The molecule has 0 radical (unpaired) electrons. The Bertz CT molecular complexity index is 1060. The Morgan fingerprint density at radius 2 is 2.04 bits per heavy atom. The smallest absolute Gasteiger partial charge is 0.336 e. The molecule has 1 aliphatic rings. The highest BCUT2D eigenvalue weighted by Gasteiger charge is 2.31. The van der Waals surface area contributed by atoms with Crippen LogP contribution in [0.25, 0.3) is 16.8 Å². The first-order valence-corrected chi connectivity index (χ1v) is 9.09. The van der Waals surface area contributed by atoms with Crippen molar-refractivity contribution in [1.29, 1.82) is 0 Å². The van der Waals surface area contributed by atoms with Crippen molar-refractivity contribution in [3.8, 4) is 11.1 Å². The molecule has 8 heteroatoms. The van der Waals surface area contributed by atoms with Crippen LogP contribution in [0.3, 0.4) is 0 Å². The molecule has 0 bridgehead atoms. The predicted molar refractivity (Wildman–Crippen MR) is 97.9 cm³/mol.